The van der Waals surface area contributed by atoms with Crippen molar-refractivity contribution in [3.8, 4) is 0 Å². The number of Topliss-reactive ketones (excluding diaryl/α,β-unsaturated/α-hetero) is 1. The van der Waals surface area contributed by atoms with Crippen LogP contribution >= 0.6 is 23.5 Å². The standard InChI is InChI=1S/C14H21NO4S2/c1-4-19-6-7-21-14(10(3)17)11(9-16)15-12(18)8-13(15)20-5-2/h9,13H,4-8H2,1-3H3. The summed E-state index contributed by atoms with van der Waals surface area (Å²) in [4.78, 5) is 36.8. The number of thioether (sulfide) groups is 2. The topological polar surface area (TPSA) is 63.7 Å². The van der Waals surface area contributed by atoms with Crippen molar-refractivity contribution >= 4 is 41.5 Å². The molecule has 21 heavy (non-hydrogen) atoms. The Bertz CT molecular complexity index is 437. The molecule has 0 spiro atoms. The minimum Gasteiger partial charge on any atom is -0.381 e. The summed E-state index contributed by atoms with van der Waals surface area (Å²) >= 11 is 2.87. The molecule has 0 N–H and O–H groups in total. The summed E-state index contributed by atoms with van der Waals surface area (Å²) in [6.45, 7) is 6.43. The number of nitrogens with zero attached hydrogens (tertiary/aromatic N) is 1. The zero-order chi connectivity index (χ0) is 15.8. The second kappa shape index (κ2) is 9.27. The summed E-state index contributed by atoms with van der Waals surface area (Å²) in [7, 11) is 0. The molecular formula is C14H21NO4S2. The highest BCUT2D eigenvalue weighted by Gasteiger charge is 2.40. The smallest absolute Gasteiger partial charge is 0.231 e. The summed E-state index contributed by atoms with van der Waals surface area (Å²) in [6.07, 6.45) is 1.04. The first kappa shape index (κ1) is 18.3. The van der Waals surface area contributed by atoms with E-state index in [9.17, 15) is 14.4 Å². The summed E-state index contributed by atoms with van der Waals surface area (Å²) in [5.41, 5.74) is 0.200. The largest absolute Gasteiger partial charge is 0.381 e. The first-order valence-corrected chi connectivity index (χ1v) is 8.94. The Morgan fingerprint density at radius 1 is 1.48 bits per heavy atom. The zero-order valence-corrected chi connectivity index (χ0v) is 14.2. The van der Waals surface area contributed by atoms with Crippen LogP contribution in [0.4, 0.5) is 0 Å². The summed E-state index contributed by atoms with van der Waals surface area (Å²) in [5, 5.41) is -0.0375. The fourth-order valence-electron chi connectivity index (χ4n) is 1.93. The molecule has 1 amide bonds. The van der Waals surface area contributed by atoms with Crippen LogP contribution in [-0.2, 0) is 19.1 Å². The van der Waals surface area contributed by atoms with Crippen molar-refractivity contribution in [2.24, 2.45) is 0 Å². The van der Waals surface area contributed by atoms with E-state index < -0.39 is 0 Å². The number of allylic oxidation sites excluding steroid dienone is 2. The number of carbonyl (C=O) groups excluding carboxylic acids is 3. The second-order valence-electron chi connectivity index (χ2n) is 4.31. The Morgan fingerprint density at radius 2 is 2.19 bits per heavy atom. The van der Waals surface area contributed by atoms with Crippen LogP contribution in [0.25, 0.3) is 0 Å². The third-order valence-electron chi connectivity index (χ3n) is 2.87. The minimum absolute atomic E-state index is 0.0375. The third kappa shape index (κ3) is 4.86. The van der Waals surface area contributed by atoms with Crippen molar-refractivity contribution in [3.05, 3.63) is 10.6 Å². The molecule has 1 atom stereocenters. The van der Waals surface area contributed by atoms with Crippen LogP contribution < -0.4 is 0 Å². The number of hydrogen-bond donors (Lipinski definition) is 0. The number of amides is 1. The molecule has 0 aromatic carbocycles. The van der Waals surface area contributed by atoms with Gasteiger partial charge >= 0.3 is 0 Å². The molecule has 0 saturated carbocycles. The van der Waals surface area contributed by atoms with Gasteiger partial charge in [-0.25, -0.2) is 0 Å². The van der Waals surface area contributed by atoms with E-state index >= 15 is 0 Å². The van der Waals surface area contributed by atoms with Crippen molar-refractivity contribution in [1.29, 1.82) is 0 Å². The Hall–Kier alpha value is -0.790. The maximum atomic E-state index is 11.8. The Kier molecular flexibility index (Phi) is 8.06. The molecule has 0 bridgehead atoms. The summed E-state index contributed by atoms with van der Waals surface area (Å²) < 4.78 is 5.23. The lowest BCUT2D eigenvalue weighted by molar-refractivity contribution is -0.139. The number of β-lactam (4-membered cyclic amide) rings is 1. The second-order valence-corrected chi connectivity index (χ2v) is 6.87. The summed E-state index contributed by atoms with van der Waals surface area (Å²) in [5.74, 6) is 1.13. The number of ether oxygens (including phenoxy) is 1. The van der Waals surface area contributed by atoms with Gasteiger partial charge in [0.25, 0.3) is 0 Å². The average molecular weight is 331 g/mol. The number of rotatable bonds is 10. The van der Waals surface area contributed by atoms with E-state index in [1.54, 1.807) is 11.8 Å². The van der Waals surface area contributed by atoms with Crippen LogP contribution in [0.2, 0.25) is 0 Å². The van der Waals surface area contributed by atoms with Crippen molar-refractivity contribution in [1.82, 2.24) is 4.90 Å². The van der Waals surface area contributed by atoms with Crippen LogP contribution in [0.5, 0.6) is 0 Å². The molecule has 7 heteroatoms. The minimum atomic E-state index is -0.196. The van der Waals surface area contributed by atoms with Crippen LogP contribution in [0.1, 0.15) is 27.2 Å². The number of aldehydes is 1. The lowest BCUT2D eigenvalue weighted by atomic mass is 10.1. The van der Waals surface area contributed by atoms with Gasteiger partial charge in [-0.3, -0.25) is 19.3 Å². The van der Waals surface area contributed by atoms with E-state index in [2.05, 4.69) is 0 Å². The fourth-order valence-corrected chi connectivity index (χ4v) is 3.85. The lowest BCUT2D eigenvalue weighted by Gasteiger charge is -2.40. The van der Waals surface area contributed by atoms with Gasteiger partial charge in [0.15, 0.2) is 12.1 Å². The molecule has 1 heterocycles. The number of likely N-dealkylation sites (tertiary alicyclic amines) is 1. The maximum absolute atomic E-state index is 11.8. The predicted molar refractivity (Wildman–Crippen MR) is 86.1 cm³/mol. The number of carbonyl (C=O) groups is 3. The zero-order valence-electron chi connectivity index (χ0n) is 12.6. The van der Waals surface area contributed by atoms with Crippen LogP contribution in [0.3, 0.4) is 0 Å². The van der Waals surface area contributed by atoms with Gasteiger partial charge < -0.3 is 4.74 Å². The molecule has 0 aromatic heterocycles. The molecule has 0 radical (unpaired) electrons. The number of ketones is 1. The average Bonchev–Trinajstić information content (AvgIpc) is 2.44. The molecule has 1 rings (SSSR count). The molecule has 1 unspecified atom stereocenters. The van der Waals surface area contributed by atoms with Crippen LogP contribution in [0, 0.1) is 0 Å². The highest BCUT2D eigenvalue weighted by Crippen LogP contribution is 2.35. The molecule has 5 nitrogen and oxygen atoms in total. The van der Waals surface area contributed by atoms with Gasteiger partial charge in [-0.2, -0.15) is 0 Å². The fraction of sp³-hybridized carbons (Fsp3) is 0.643. The Balaban J connectivity index is 2.89. The van der Waals surface area contributed by atoms with Gasteiger partial charge in [-0.05, 0) is 19.6 Å². The van der Waals surface area contributed by atoms with E-state index in [1.165, 1.54) is 23.6 Å². The normalized spacial score (nSPS) is 19.1. The first-order chi connectivity index (χ1) is 10.1. The molecule has 0 aromatic rings. The Morgan fingerprint density at radius 3 is 2.67 bits per heavy atom. The molecule has 1 aliphatic heterocycles. The van der Waals surface area contributed by atoms with Gasteiger partial charge in [-0.1, -0.05) is 6.92 Å². The highest BCUT2D eigenvalue weighted by molar-refractivity contribution is 8.04. The van der Waals surface area contributed by atoms with E-state index in [0.717, 1.165) is 5.75 Å². The molecule has 1 saturated heterocycles. The highest BCUT2D eigenvalue weighted by atomic mass is 32.2. The predicted octanol–water partition coefficient (Wildman–Crippen LogP) is 2.07. The van der Waals surface area contributed by atoms with Crippen LogP contribution in [0.15, 0.2) is 10.6 Å². The molecule has 0 aliphatic carbocycles. The number of hydrogen-bond acceptors (Lipinski definition) is 6. The van der Waals surface area contributed by atoms with Crippen molar-refractivity contribution in [2.75, 3.05) is 24.7 Å². The van der Waals surface area contributed by atoms with Gasteiger partial charge in [0.05, 0.1) is 23.3 Å². The van der Waals surface area contributed by atoms with E-state index in [1.807, 2.05) is 13.8 Å². The van der Waals surface area contributed by atoms with Crippen molar-refractivity contribution in [2.45, 2.75) is 32.6 Å². The Labute approximate surface area is 133 Å². The molecule has 1 aliphatic rings. The van der Waals surface area contributed by atoms with Gasteiger partial charge in [0.1, 0.15) is 5.70 Å². The van der Waals surface area contributed by atoms with Gasteiger partial charge in [0, 0.05) is 12.4 Å². The first-order valence-electron chi connectivity index (χ1n) is 6.91. The third-order valence-corrected chi connectivity index (χ3v) is 5.12. The van der Waals surface area contributed by atoms with Crippen LogP contribution in [-0.4, -0.2) is 53.0 Å². The van der Waals surface area contributed by atoms with Crippen molar-refractivity contribution in [3.63, 3.8) is 0 Å². The van der Waals surface area contributed by atoms with Crippen molar-refractivity contribution < 1.29 is 19.1 Å². The summed E-state index contributed by atoms with van der Waals surface area (Å²) in [6, 6.07) is 0. The quantitative estimate of drug-likeness (QED) is 0.264. The SMILES string of the molecule is CCOCCSC(C(C)=O)=C(C=O)N1C(=O)CC1SCC. The monoisotopic (exact) mass is 331 g/mol. The van der Waals surface area contributed by atoms with E-state index in [-0.39, 0.29) is 22.8 Å². The lowest BCUT2D eigenvalue weighted by Crippen LogP contribution is -2.50. The van der Waals surface area contributed by atoms with E-state index in [4.69, 9.17) is 4.74 Å². The molecular weight excluding hydrogens is 310 g/mol. The van der Waals surface area contributed by atoms with Gasteiger partial charge in [-0.15, -0.1) is 23.5 Å². The van der Waals surface area contributed by atoms with Gasteiger partial charge in [0.2, 0.25) is 5.91 Å². The molecule has 1 fully saturated rings. The van der Waals surface area contributed by atoms with E-state index in [0.29, 0.717) is 36.6 Å². The maximum Gasteiger partial charge on any atom is 0.231 e. The molecule has 118 valence electrons.